The Labute approximate surface area is 164 Å². The molecular formula is C24H35NO2. The Hall–Kier alpha value is -1.87. The largest absolute Gasteiger partial charge is 0.456 e. The SMILES string of the molecule is CCCCCCNC1(c2cccc(C(=O)OC(C)(C)C)c2C)C=CC=CC1. The van der Waals surface area contributed by atoms with Gasteiger partial charge in [0, 0.05) is 0 Å². The lowest BCUT2D eigenvalue weighted by Crippen LogP contribution is -2.42. The van der Waals surface area contributed by atoms with Gasteiger partial charge in [-0.1, -0.05) is 62.6 Å². The molecule has 0 bridgehead atoms. The highest BCUT2D eigenvalue weighted by Crippen LogP contribution is 2.34. The van der Waals surface area contributed by atoms with Crippen LogP contribution in [0.25, 0.3) is 0 Å². The van der Waals surface area contributed by atoms with E-state index in [1.807, 2.05) is 39.8 Å². The number of benzene rings is 1. The molecule has 1 aliphatic carbocycles. The molecule has 27 heavy (non-hydrogen) atoms. The molecule has 148 valence electrons. The first kappa shape index (κ1) is 21.4. The fourth-order valence-corrected chi connectivity index (χ4v) is 3.58. The molecule has 1 atom stereocenters. The highest BCUT2D eigenvalue weighted by atomic mass is 16.6. The van der Waals surface area contributed by atoms with Gasteiger partial charge in [-0.25, -0.2) is 4.79 Å². The molecule has 1 aromatic carbocycles. The average molecular weight is 370 g/mol. The number of allylic oxidation sites excluding steroid dienone is 2. The standard InChI is InChI=1S/C24H35NO2/c1-6-7-8-12-18-25-24(16-10-9-11-17-24)21-15-13-14-20(19(21)2)22(26)27-23(3,4)5/h9-11,13-16,25H,6-8,12,17-18H2,1-5H3. The molecule has 0 aromatic heterocycles. The van der Waals surface area contributed by atoms with E-state index in [0.717, 1.165) is 30.5 Å². The van der Waals surface area contributed by atoms with Gasteiger partial charge in [-0.3, -0.25) is 0 Å². The van der Waals surface area contributed by atoms with Crippen molar-refractivity contribution in [2.75, 3.05) is 6.54 Å². The summed E-state index contributed by atoms with van der Waals surface area (Å²) in [6, 6.07) is 5.96. The molecule has 0 saturated carbocycles. The molecule has 1 aromatic rings. The van der Waals surface area contributed by atoms with Gasteiger partial charge in [0.25, 0.3) is 0 Å². The Balaban J connectivity index is 2.28. The van der Waals surface area contributed by atoms with E-state index in [2.05, 4.69) is 42.6 Å². The van der Waals surface area contributed by atoms with E-state index < -0.39 is 5.60 Å². The van der Waals surface area contributed by atoms with E-state index in [1.54, 1.807) is 0 Å². The summed E-state index contributed by atoms with van der Waals surface area (Å²) in [6.07, 6.45) is 14.4. The lowest BCUT2D eigenvalue weighted by molar-refractivity contribution is 0.00685. The molecule has 0 saturated heterocycles. The van der Waals surface area contributed by atoms with Gasteiger partial charge >= 0.3 is 5.97 Å². The summed E-state index contributed by atoms with van der Waals surface area (Å²) in [5, 5.41) is 3.78. The number of hydrogen-bond donors (Lipinski definition) is 1. The first-order chi connectivity index (χ1) is 12.8. The monoisotopic (exact) mass is 369 g/mol. The molecule has 1 unspecified atom stereocenters. The fourth-order valence-electron chi connectivity index (χ4n) is 3.58. The maximum absolute atomic E-state index is 12.7. The minimum Gasteiger partial charge on any atom is -0.456 e. The Bertz CT molecular complexity index is 697. The first-order valence-electron chi connectivity index (χ1n) is 10.2. The Morgan fingerprint density at radius 2 is 1.96 bits per heavy atom. The number of unbranched alkanes of at least 4 members (excludes halogenated alkanes) is 3. The van der Waals surface area contributed by atoms with Crippen LogP contribution in [0.5, 0.6) is 0 Å². The van der Waals surface area contributed by atoms with Crippen molar-refractivity contribution in [1.82, 2.24) is 5.32 Å². The second-order valence-corrected chi connectivity index (χ2v) is 8.43. The van der Waals surface area contributed by atoms with Gasteiger partial charge in [-0.05, 0) is 64.3 Å². The van der Waals surface area contributed by atoms with Crippen molar-refractivity contribution in [2.45, 2.75) is 77.9 Å². The molecule has 0 aliphatic heterocycles. The average Bonchev–Trinajstić information content (AvgIpc) is 2.61. The fraction of sp³-hybridized carbons (Fsp3) is 0.542. The number of esters is 1. The van der Waals surface area contributed by atoms with E-state index in [1.165, 1.54) is 19.3 Å². The van der Waals surface area contributed by atoms with Gasteiger partial charge in [-0.2, -0.15) is 0 Å². The van der Waals surface area contributed by atoms with Crippen LogP contribution in [0, 0.1) is 6.92 Å². The van der Waals surface area contributed by atoms with E-state index in [4.69, 9.17) is 4.74 Å². The quantitative estimate of drug-likeness (QED) is 0.463. The highest BCUT2D eigenvalue weighted by Gasteiger charge is 2.32. The summed E-state index contributed by atoms with van der Waals surface area (Å²) in [5.74, 6) is -0.254. The zero-order chi connectivity index (χ0) is 19.9. The highest BCUT2D eigenvalue weighted by molar-refractivity contribution is 5.91. The molecular weight excluding hydrogens is 334 g/mol. The van der Waals surface area contributed by atoms with Crippen LogP contribution in [-0.4, -0.2) is 18.1 Å². The molecule has 2 rings (SSSR count). The topological polar surface area (TPSA) is 38.3 Å². The van der Waals surface area contributed by atoms with Gasteiger partial charge in [0.1, 0.15) is 5.60 Å². The van der Waals surface area contributed by atoms with Crippen LogP contribution in [0.2, 0.25) is 0 Å². The van der Waals surface area contributed by atoms with Crippen molar-refractivity contribution in [3.05, 3.63) is 59.2 Å². The van der Waals surface area contributed by atoms with E-state index >= 15 is 0 Å². The lowest BCUT2D eigenvalue weighted by Gasteiger charge is -2.35. The smallest absolute Gasteiger partial charge is 0.338 e. The Morgan fingerprint density at radius 3 is 2.59 bits per heavy atom. The third-order valence-corrected chi connectivity index (χ3v) is 4.97. The summed E-state index contributed by atoms with van der Waals surface area (Å²) in [4.78, 5) is 12.7. The molecule has 0 amide bonds. The molecule has 0 fully saturated rings. The molecule has 0 heterocycles. The van der Waals surface area contributed by atoms with Crippen LogP contribution in [0.3, 0.4) is 0 Å². The van der Waals surface area contributed by atoms with Crippen molar-refractivity contribution in [2.24, 2.45) is 0 Å². The van der Waals surface area contributed by atoms with Crippen LogP contribution in [0.4, 0.5) is 0 Å². The normalized spacial score (nSPS) is 19.3. The molecule has 3 nitrogen and oxygen atoms in total. The first-order valence-corrected chi connectivity index (χ1v) is 10.2. The zero-order valence-corrected chi connectivity index (χ0v) is 17.6. The van der Waals surface area contributed by atoms with E-state index in [9.17, 15) is 4.79 Å². The van der Waals surface area contributed by atoms with Gasteiger partial charge in [0.15, 0.2) is 0 Å². The maximum atomic E-state index is 12.7. The van der Waals surface area contributed by atoms with Crippen LogP contribution in [0.15, 0.2) is 42.5 Å². The Kier molecular flexibility index (Phi) is 7.43. The summed E-state index contributed by atoms with van der Waals surface area (Å²) >= 11 is 0. The van der Waals surface area contributed by atoms with Crippen LogP contribution >= 0.6 is 0 Å². The van der Waals surface area contributed by atoms with E-state index in [-0.39, 0.29) is 11.5 Å². The minimum absolute atomic E-state index is 0.254. The summed E-state index contributed by atoms with van der Waals surface area (Å²) in [7, 11) is 0. The molecule has 3 heteroatoms. The van der Waals surface area contributed by atoms with Gasteiger partial charge < -0.3 is 10.1 Å². The number of ether oxygens (including phenoxy) is 1. The van der Waals surface area contributed by atoms with Crippen molar-refractivity contribution in [3.63, 3.8) is 0 Å². The second-order valence-electron chi connectivity index (χ2n) is 8.43. The second kappa shape index (κ2) is 9.36. The van der Waals surface area contributed by atoms with Crippen LogP contribution in [0.1, 0.15) is 81.3 Å². The predicted octanol–water partition coefficient (Wildman–Crippen LogP) is 5.83. The number of carbonyl (C=O) groups excluding carboxylic acids is 1. The number of nitrogens with one attached hydrogen (secondary N) is 1. The maximum Gasteiger partial charge on any atom is 0.338 e. The van der Waals surface area contributed by atoms with Crippen molar-refractivity contribution in [1.29, 1.82) is 0 Å². The summed E-state index contributed by atoms with van der Waals surface area (Å²) < 4.78 is 5.61. The van der Waals surface area contributed by atoms with Gasteiger partial charge in [-0.15, -0.1) is 0 Å². The molecule has 0 spiro atoms. The van der Waals surface area contributed by atoms with Crippen molar-refractivity contribution < 1.29 is 9.53 Å². The molecule has 0 radical (unpaired) electrons. The zero-order valence-electron chi connectivity index (χ0n) is 17.6. The minimum atomic E-state index is -0.498. The predicted molar refractivity (Wildman–Crippen MR) is 113 cm³/mol. The van der Waals surface area contributed by atoms with Crippen molar-refractivity contribution >= 4 is 5.97 Å². The third kappa shape index (κ3) is 5.80. The third-order valence-electron chi connectivity index (χ3n) is 4.97. The van der Waals surface area contributed by atoms with Gasteiger partial charge in [0.05, 0.1) is 11.1 Å². The lowest BCUT2D eigenvalue weighted by atomic mass is 9.80. The van der Waals surface area contributed by atoms with E-state index in [0.29, 0.717) is 5.56 Å². The summed E-state index contributed by atoms with van der Waals surface area (Å²) in [5.41, 5.74) is 2.04. The van der Waals surface area contributed by atoms with Crippen molar-refractivity contribution in [3.8, 4) is 0 Å². The molecule has 1 N–H and O–H groups in total. The summed E-state index contributed by atoms with van der Waals surface area (Å²) in [6.45, 7) is 10.9. The molecule has 1 aliphatic rings. The van der Waals surface area contributed by atoms with Gasteiger partial charge in [0.2, 0.25) is 0 Å². The number of hydrogen-bond acceptors (Lipinski definition) is 3. The van der Waals surface area contributed by atoms with Crippen LogP contribution < -0.4 is 5.32 Å². The number of rotatable bonds is 8. The van der Waals surface area contributed by atoms with Crippen LogP contribution in [-0.2, 0) is 10.3 Å². The Morgan fingerprint density at radius 1 is 1.19 bits per heavy atom. The number of carbonyl (C=O) groups is 1.